The first-order valence-electron chi connectivity index (χ1n) is 8.11. The van der Waals surface area contributed by atoms with Crippen LogP contribution in [-0.2, 0) is 20.7 Å². The number of carbonyl (C=O) groups is 2. The summed E-state index contributed by atoms with van der Waals surface area (Å²) in [5.41, 5.74) is 0.635. The molecule has 0 atom stereocenters. The molecule has 0 N–H and O–H groups in total. The van der Waals surface area contributed by atoms with Crippen molar-refractivity contribution in [2.45, 2.75) is 26.2 Å². The van der Waals surface area contributed by atoms with Gasteiger partial charge >= 0.3 is 5.97 Å². The fourth-order valence-corrected chi connectivity index (χ4v) is 3.49. The highest BCUT2D eigenvalue weighted by atomic mass is 32.1. The van der Waals surface area contributed by atoms with E-state index in [1.54, 1.807) is 23.2 Å². The van der Waals surface area contributed by atoms with Crippen molar-refractivity contribution < 1.29 is 18.8 Å². The van der Waals surface area contributed by atoms with Gasteiger partial charge in [-0.25, -0.2) is 0 Å². The molecule has 0 radical (unpaired) electrons. The fraction of sp³-hybridized carbons (Fsp3) is 0.471. The van der Waals surface area contributed by atoms with Crippen molar-refractivity contribution in [2.24, 2.45) is 5.92 Å². The first kappa shape index (κ1) is 16.7. The summed E-state index contributed by atoms with van der Waals surface area (Å²) < 4.78 is 10.3. The number of amides is 1. The van der Waals surface area contributed by atoms with Crippen LogP contribution >= 0.6 is 11.3 Å². The molecule has 2 aromatic rings. The van der Waals surface area contributed by atoms with Crippen molar-refractivity contribution in [2.75, 3.05) is 19.7 Å². The molecule has 0 saturated carbocycles. The molecule has 0 bridgehead atoms. The van der Waals surface area contributed by atoms with E-state index in [0.29, 0.717) is 44.0 Å². The summed E-state index contributed by atoms with van der Waals surface area (Å²) in [5, 5.41) is 5.95. The number of likely N-dealkylation sites (tertiary alicyclic amines) is 1. The number of hydrogen-bond acceptors (Lipinski definition) is 6. The summed E-state index contributed by atoms with van der Waals surface area (Å²) in [6, 6.07) is 5.72. The second-order valence-corrected chi connectivity index (χ2v) is 6.69. The van der Waals surface area contributed by atoms with Gasteiger partial charge in [-0.3, -0.25) is 9.59 Å². The maximum atomic E-state index is 12.4. The van der Waals surface area contributed by atoms with E-state index in [-0.39, 0.29) is 24.2 Å². The third kappa shape index (κ3) is 3.84. The number of thiophene rings is 1. The predicted octanol–water partition coefficient (Wildman–Crippen LogP) is 2.75. The molecule has 1 saturated heterocycles. The smallest absolute Gasteiger partial charge is 0.309 e. The Labute approximate surface area is 144 Å². The van der Waals surface area contributed by atoms with Gasteiger partial charge in [-0.1, -0.05) is 11.2 Å². The van der Waals surface area contributed by atoms with Gasteiger partial charge in [0.25, 0.3) is 0 Å². The second kappa shape index (κ2) is 7.61. The van der Waals surface area contributed by atoms with Crippen molar-refractivity contribution >= 4 is 23.2 Å². The summed E-state index contributed by atoms with van der Waals surface area (Å²) in [6.07, 6.45) is 1.53. The van der Waals surface area contributed by atoms with Crippen molar-refractivity contribution in [1.82, 2.24) is 10.1 Å². The lowest BCUT2D eigenvalue weighted by atomic mass is 9.97. The zero-order chi connectivity index (χ0) is 16.9. The molecule has 1 amide bonds. The van der Waals surface area contributed by atoms with Crippen LogP contribution in [0.25, 0.3) is 10.6 Å². The number of piperidine rings is 1. The average molecular weight is 348 g/mol. The van der Waals surface area contributed by atoms with E-state index >= 15 is 0 Å². The molecule has 1 aliphatic heterocycles. The standard InChI is InChI=1S/C17H20N2O4S/c1-2-22-17(21)12-5-7-19(8-6-12)16(20)11-13-10-14(23-18-13)15-4-3-9-24-15/h3-4,9-10,12H,2,5-8,11H2,1H3. The Morgan fingerprint density at radius 3 is 2.88 bits per heavy atom. The third-order valence-electron chi connectivity index (χ3n) is 4.12. The van der Waals surface area contributed by atoms with Crippen LogP contribution in [0, 0.1) is 5.92 Å². The minimum Gasteiger partial charge on any atom is -0.466 e. The van der Waals surface area contributed by atoms with Gasteiger partial charge in [0.1, 0.15) is 0 Å². The Kier molecular flexibility index (Phi) is 5.30. The van der Waals surface area contributed by atoms with Gasteiger partial charge in [-0.15, -0.1) is 11.3 Å². The molecule has 0 aromatic carbocycles. The van der Waals surface area contributed by atoms with E-state index in [0.717, 1.165) is 4.88 Å². The highest BCUT2D eigenvalue weighted by Gasteiger charge is 2.28. The van der Waals surface area contributed by atoms with E-state index in [4.69, 9.17) is 9.26 Å². The molecule has 1 fully saturated rings. The minimum absolute atomic E-state index is 0.0170. The van der Waals surface area contributed by atoms with E-state index in [9.17, 15) is 9.59 Å². The summed E-state index contributed by atoms with van der Waals surface area (Å²) in [4.78, 5) is 26.9. The number of carbonyl (C=O) groups excluding carboxylic acids is 2. The summed E-state index contributed by atoms with van der Waals surface area (Å²) in [6.45, 7) is 3.37. The lowest BCUT2D eigenvalue weighted by molar-refractivity contribution is -0.151. The molecule has 128 valence electrons. The Balaban J connectivity index is 1.52. The summed E-state index contributed by atoms with van der Waals surface area (Å²) >= 11 is 1.57. The Hall–Kier alpha value is -2.15. The SMILES string of the molecule is CCOC(=O)C1CCN(C(=O)Cc2cc(-c3cccs3)on2)CC1. The molecular formula is C17H20N2O4S. The maximum absolute atomic E-state index is 12.4. The van der Waals surface area contributed by atoms with Crippen LogP contribution < -0.4 is 0 Å². The minimum atomic E-state index is -0.151. The summed E-state index contributed by atoms with van der Waals surface area (Å²) in [7, 11) is 0. The van der Waals surface area contributed by atoms with Gasteiger partial charge in [-0.2, -0.15) is 0 Å². The molecule has 7 heteroatoms. The zero-order valence-corrected chi connectivity index (χ0v) is 14.4. The monoisotopic (exact) mass is 348 g/mol. The van der Waals surface area contributed by atoms with E-state index < -0.39 is 0 Å². The van der Waals surface area contributed by atoms with Gasteiger partial charge in [0.05, 0.1) is 29.5 Å². The molecule has 6 nitrogen and oxygen atoms in total. The Morgan fingerprint density at radius 2 is 2.21 bits per heavy atom. The molecule has 3 heterocycles. The number of hydrogen-bond donors (Lipinski definition) is 0. The predicted molar refractivity (Wildman–Crippen MR) is 89.5 cm³/mol. The van der Waals surface area contributed by atoms with Crippen molar-refractivity contribution in [1.29, 1.82) is 0 Å². The van der Waals surface area contributed by atoms with Crippen LogP contribution in [0.3, 0.4) is 0 Å². The molecule has 0 spiro atoms. The Bertz CT molecular complexity index is 687. The second-order valence-electron chi connectivity index (χ2n) is 5.74. The molecule has 3 rings (SSSR count). The Morgan fingerprint density at radius 1 is 1.42 bits per heavy atom. The van der Waals surface area contributed by atoms with Gasteiger partial charge in [0.15, 0.2) is 5.76 Å². The van der Waals surface area contributed by atoms with Gasteiger partial charge in [0, 0.05) is 19.2 Å². The fourth-order valence-electron chi connectivity index (χ4n) is 2.82. The zero-order valence-electron chi connectivity index (χ0n) is 13.6. The number of nitrogens with zero attached hydrogens (tertiary/aromatic N) is 2. The maximum Gasteiger partial charge on any atom is 0.309 e. The van der Waals surface area contributed by atoms with Crippen molar-refractivity contribution in [3.8, 4) is 10.6 Å². The van der Waals surface area contributed by atoms with Gasteiger partial charge in [-0.05, 0) is 31.2 Å². The third-order valence-corrected chi connectivity index (χ3v) is 5.01. The van der Waals surface area contributed by atoms with Crippen LogP contribution in [0.1, 0.15) is 25.5 Å². The van der Waals surface area contributed by atoms with E-state index in [1.807, 2.05) is 23.6 Å². The van der Waals surface area contributed by atoms with E-state index in [2.05, 4.69) is 5.16 Å². The number of ether oxygens (including phenoxy) is 1. The molecule has 0 aliphatic carbocycles. The topological polar surface area (TPSA) is 72.6 Å². The quantitative estimate of drug-likeness (QED) is 0.777. The number of aromatic nitrogens is 1. The van der Waals surface area contributed by atoms with Crippen molar-refractivity contribution in [3.05, 3.63) is 29.3 Å². The van der Waals surface area contributed by atoms with Crippen LogP contribution in [-0.4, -0.2) is 41.6 Å². The van der Waals surface area contributed by atoms with Crippen LogP contribution in [0.4, 0.5) is 0 Å². The molecule has 1 aliphatic rings. The lowest BCUT2D eigenvalue weighted by Gasteiger charge is -2.30. The number of esters is 1. The first-order chi connectivity index (χ1) is 11.7. The summed E-state index contributed by atoms with van der Waals surface area (Å²) in [5.74, 6) is 0.463. The lowest BCUT2D eigenvalue weighted by Crippen LogP contribution is -2.41. The van der Waals surface area contributed by atoms with Crippen molar-refractivity contribution in [3.63, 3.8) is 0 Å². The normalized spacial score (nSPS) is 15.5. The molecule has 24 heavy (non-hydrogen) atoms. The van der Waals surface area contributed by atoms with Gasteiger partial charge < -0.3 is 14.2 Å². The first-order valence-corrected chi connectivity index (χ1v) is 8.99. The number of rotatable bonds is 5. The molecule has 0 unspecified atom stereocenters. The average Bonchev–Trinajstić information content (AvgIpc) is 3.26. The highest BCUT2D eigenvalue weighted by Crippen LogP contribution is 2.25. The molecule has 2 aromatic heterocycles. The van der Waals surface area contributed by atoms with Crippen LogP contribution in [0.2, 0.25) is 0 Å². The van der Waals surface area contributed by atoms with Crippen LogP contribution in [0.15, 0.2) is 28.1 Å². The van der Waals surface area contributed by atoms with Crippen LogP contribution in [0.5, 0.6) is 0 Å². The van der Waals surface area contributed by atoms with E-state index in [1.165, 1.54) is 0 Å². The largest absolute Gasteiger partial charge is 0.466 e. The van der Waals surface area contributed by atoms with Gasteiger partial charge in [0.2, 0.25) is 5.91 Å². The molecular weight excluding hydrogens is 328 g/mol. The highest BCUT2D eigenvalue weighted by molar-refractivity contribution is 7.13.